The lowest BCUT2D eigenvalue weighted by Gasteiger charge is -2.12. The van der Waals surface area contributed by atoms with Crippen LogP contribution in [0.2, 0.25) is 0 Å². The molecule has 0 spiro atoms. The Kier molecular flexibility index (Phi) is 3.83. The average Bonchev–Trinajstić information content (AvgIpc) is 2.92. The van der Waals surface area contributed by atoms with Gasteiger partial charge in [0.2, 0.25) is 11.2 Å². The van der Waals surface area contributed by atoms with Crippen LogP contribution in [0.25, 0.3) is 22.3 Å². The standard InChI is InChI=1S/C22H24N4/c1-15-13-16(2)22(17(3)21(15)25-12-8-11-23-18(25)4)26-20-10-7-6-9-19(20)14-24(26)5/h6-14H,1-5H3/q+2. The Bertz CT molecular complexity index is 1140. The minimum Gasteiger partial charge on any atom is -0.200 e. The van der Waals surface area contributed by atoms with Crippen molar-refractivity contribution in [1.29, 1.82) is 0 Å². The molecule has 0 aliphatic carbocycles. The number of para-hydroxylation sites is 1. The largest absolute Gasteiger partial charge is 0.300 e. The lowest BCUT2D eigenvalue weighted by atomic mass is 10.0. The second-order valence-electron chi connectivity index (χ2n) is 6.94. The van der Waals surface area contributed by atoms with E-state index in [1.165, 1.54) is 39.0 Å². The van der Waals surface area contributed by atoms with E-state index in [2.05, 4.69) is 89.5 Å². The van der Waals surface area contributed by atoms with Crippen molar-refractivity contribution in [2.75, 3.05) is 0 Å². The molecule has 0 radical (unpaired) electrons. The Labute approximate surface area is 154 Å². The number of hydrogen-bond donors (Lipinski definition) is 0. The Morgan fingerprint density at radius 2 is 1.65 bits per heavy atom. The van der Waals surface area contributed by atoms with E-state index < -0.39 is 0 Å². The number of benzene rings is 2. The van der Waals surface area contributed by atoms with E-state index in [0.717, 1.165) is 5.82 Å². The smallest absolute Gasteiger partial charge is 0.200 e. The predicted molar refractivity (Wildman–Crippen MR) is 103 cm³/mol. The monoisotopic (exact) mass is 344 g/mol. The summed E-state index contributed by atoms with van der Waals surface area (Å²) in [6, 6.07) is 12.8. The molecule has 26 heavy (non-hydrogen) atoms. The molecule has 4 rings (SSSR count). The molecule has 130 valence electrons. The number of aromatic nitrogens is 4. The molecule has 0 unspecified atom stereocenters. The Morgan fingerprint density at radius 1 is 0.923 bits per heavy atom. The van der Waals surface area contributed by atoms with Gasteiger partial charge in [-0.05, 0) is 38.5 Å². The first-order chi connectivity index (χ1) is 12.5. The van der Waals surface area contributed by atoms with E-state index in [-0.39, 0.29) is 0 Å². The first-order valence-electron chi connectivity index (χ1n) is 8.90. The highest BCUT2D eigenvalue weighted by atomic mass is 15.4. The third kappa shape index (κ3) is 2.41. The van der Waals surface area contributed by atoms with Crippen LogP contribution in [0, 0.1) is 27.7 Å². The minimum atomic E-state index is 0.982. The van der Waals surface area contributed by atoms with E-state index in [1.54, 1.807) is 0 Å². The Hall–Kier alpha value is -3.01. The van der Waals surface area contributed by atoms with Crippen LogP contribution < -0.4 is 9.25 Å². The van der Waals surface area contributed by atoms with Gasteiger partial charge >= 0.3 is 0 Å². The van der Waals surface area contributed by atoms with Crippen molar-refractivity contribution in [1.82, 2.24) is 9.67 Å². The van der Waals surface area contributed by atoms with Crippen molar-refractivity contribution in [3.05, 3.63) is 77.5 Å². The van der Waals surface area contributed by atoms with Gasteiger partial charge in [-0.2, -0.15) is 9.25 Å². The molecule has 2 aromatic heterocycles. The molecule has 0 aliphatic heterocycles. The van der Waals surface area contributed by atoms with Crippen LogP contribution in [0.15, 0.2) is 55.0 Å². The fourth-order valence-electron chi connectivity index (χ4n) is 4.04. The summed E-state index contributed by atoms with van der Waals surface area (Å²) < 4.78 is 6.65. The van der Waals surface area contributed by atoms with Crippen molar-refractivity contribution in [2.24, 2.45) is 7.05 Å². The molecule has 4 nitrogen and oxygen atoms in total. The zero-order valence-electron chi connectivity index (χ0n) is 16.0. The van der Waals surface area contributed by atoms with E-state index in [9.17, 15) is 0 Å². The first-order valence-corrected chi connectivity index (χ1v) is 8.90. The van der Waals surface area contributed by atoms with Gasteiger partial charge in [0.05, 0.1) is 24.2 Å². The van der Waals surface area contributed by atoms with Gasteiger partial charge in [-0.1, -0.05) is 21.8 Å². The highest BCUT2D eigenvalue weighted by Crippen LogP contribution is 2.24. The molecule has 0 amide bonds. The maximum absolute atomic E-state index is 4.47. The lowest BCUT2D eigenvalue weighted by Crippen LogP contribution is -2.43. The topological polar surface area (TPSA) is 25.6 Å². The summed E-state index contributed by atoms with van der Waals surface area (Å²) in [4.78, 5) is 4.47. The first kappa shape index (κ1) is 16.5. The van der Waals surface area contributed by atoms with Crippen LogP contribution in [-0.2, 0) is 7.05 Å². The zero-order chi connectivity index (χ0) is 18.4. The quantitative estimate of drug-likeness (QED) is 0.512. The van der Waals surface area contributed by atoms with Crippen molar-refractivity contribution in [3.63, 3.8) is 0 Å². The van der Waals surface area contributed by atoms with Crippen molar-refractivity contribution >= 4 is 10.9 Å². The number of hydrogen-bond acceptors (Lipinski definition) is 1. The van der Waals surface area contributed by atoms with Crippen LogP contribution in [0.1, 0.15) is 22.5 Å². The summed E-state index contributed by atoms with van der Waals surface area (Å²) >= 11 is 0. The summed E-state index contributed by atoms with van der Waals surface area (Å²) in [6.45, 7) is 8.61. The SMILES string of the molecule is Cc1cc(C)c(-[n+]2c3ccccc3cn2C)c(C)c1-[n+]1cccnc1C. The van der Waals surface area contributed by atoms with Gasteiger partial charge in [0.25, 0.3) is 5.82 Å². The Balaban J connectivity index is 2.09. The molecule has 0 aliphatic rings. The molecule has 4 heteroatoms. The Morgan fingerprint density at radius 3 is 2.42 bits per heavy atom. The van der Waals surface area contributed by atoms with Crippen molar-refractivity contribution in [3.8, 4) is 11.4 Å². The number of aryl methyl sites for hydroxylation is 4. The summed E-state index contributed by atoms with van der Waals surface area (Å²) in [5.74, 6) is 0.982. The fourth-order valence-corrected chi connectivity index (χ4v) is 4.04. The molecular formula is C22H24N4+2. The maximum Gasteiger partial charge on any atom is 0.300 e. The molecule has 0 bridgehead atoms. The highest BCUT2D eigenvalue weighted by Gasteiger charge is 2.27. The summed E-state index contributed by atoms with van der Waals surface area (Å²) in [5, 5.41) is 1.24. The second kappa shape index (κ2) is 6.06. The molecule has 0 saturated heterocycles. The molecular weight excluding hydrogens is 320 g/mol. The molecule has 0 saturated carbocycles. The van der Waals surface area contributed by atoms with Gasteiger partial charge in [0.1, 0.15) is 18.1 Å². The van der Waals surface area contributed by atoms with Gasteiger partial charge < -0.3 is 0 Å². The van der Waals surface area contributed by atoms with Gasteiger partial charge in [-0.25, -0.2) is 0 Å². The van der Waals surface area contributed by atoms with E-state index >= 15 is 0 Å². The average molecular weight is 344 g/mol. The van der Waals surface area contributed by atoms with Crippen molar-refractivity contribution in [2.45, 2.75) is 27.7 Å². The number of nitrogens with zero attached hydrogens (tertiary/aromatic N) is 4. The van der Waals surface area contributed by atoms with Crippen LogP contribution in [0.4, 0.5) is 0 Å². The zero-order valence-corrected chi connectivity index (χ0v) is 16.0. The predicted octanol–water partition coefficient (Wildman–Crippen LogP) is 3.36. The summed E-state index contributed by atoms with van der Waals surface area (Å²) in [5.41, 5.74) is 7.41. The van der Waals surface area contributed by atoms with Crippen LogP contribution in [0.5, 0.6) is 0 Å². The molecule has 0 atom stereocenters. The molecule has 2 heterocycles. The lowest BCUT2D eigenvalue weighted by molar-refractivity contribution is -0.660. The molecule has 0 N–H and O–H groups in total. The van der Waals surface area contributed by atoms with Gasteiger partial charge in [0, 0.05) is 24.6 Å². The molecule has 2 aromatic carbocycles. The van der Waals surface area contributed by atoms with Crippen LogP contribution in [0.3, 0.4) is 0 Å². The van der Waals surface area contributed by atoms with Gasteiger partial charge in [-0.15, -0.1) is 0 Å². The third-order valence-electron chi connectivity index (χ3n) is 5.08. The van der Waals surface area contributed by atoms with E-state index in [4.69, 9.17) is 0 Å². The van der Waals surface area contributed by atoms with Gasteiger partial charge in [0.15, 0.2) is 0 Å². The van der Waals surface area contributed by atoms with Crippen LogP contribution in [-0.4, -0.2) is 9.67 Å². The number of fused-ring (bicyclic) bond motifs is 1. The third-order valence-corrected chi connectivity index (χ3v) is 5.08. The molecule has 0 fully saturated rings. The highest BCUT2D eigenvalue weighted by molar-refractivity contribution is 5.75. The summed E-state index contributed by atoms with van der Waals surface area (Å²) in [6.07, 6.45) is 6.10. The van der Waals surface area contributed by atoms with E-state index in [0.29, 0.717) is 0 Å². The van der Waals surface area contributed by atoms with Crippen LogP contribution >= 0.6 is 0 Å². The summed E-state index contributed by atoms with van der Waals surface area (Å²) in [7, 11) is 2.10. The number of rotatable bonds is 2. The normalized spacial score (nSPS) is 11.3. The molecule has 4 aromatic rings. The van der Waals surface area contributed by atoms with Gasteiger partial charge in [-0.3, -0.25) is 0 Å². The fraction of sp³-hybridized carbons (Fsp3) is 0.227. The van der Waals surface area contributed by atoms with E-state index in [1.807, 2.05) is 19.2 Å². The minimum absolute atomic E-state index is 0.982. The maximum atomic E-state index is 4.47. The second-order valence-corrected chi connectivity index (χ2v) is 6.94. The van der Waals surface area contributed by atoms with Crippen molar-refractivity contribution < 1.29 is 9.25 Å².